The molecule has 2 heterocycles. The van der Waals surface area contributed by atoms with E-state index < -0.39 is 0 Å². The van der Waals surface area contributed by atoms with E-state index in [2.05, 4.69) is 11.2 Å². The second-order valence-electron chi connectivity index (χ2n) is 5.60. The second kappa shape index (κ2) is 5.96. The molecule has 0 saturated carbocycles. The van der Waals surface area contributed by atoms with Crippen molar-refractivity contribution in [3.8, 4) is 11.1 Å². The largest absolute Gasteiger partial charge is 0.269 e. The van der Waals surface area contributed by atoms with Crippen LogP contribution < -0.4 is 0 Å². The third-order valence-electron chi connectivity index (χ3n) is 4.08. The summed E-state index contributed by atoms with van der Waals surface area (Å²) in [6, 6.07) is 13.6. The molecule has 0 amide bonds. The van der Waals surface area contributed by atoms with Crippen molar-refractivity contribution in [3.63, 3.8) is 0 Å². The molecular formula is C18H14Cl2N4. The zero-order valence-electron chi connectivity index (χ0n) is 12.9. The van der Waals surface area contributed by atoms with Crippen LogP contribution in [0.5, 0.6) is 0 Å². The van der Waals surface area contributed by atoms with Crippen LogP contribution in [0, 0.1) is 0 Å². The van der Waals surface area contributed by atoms with Gasteiger partial charge in [-0.1, -0.05) is 47.5 Å². The molecule has 120 valence electrons. The van der Waals surface area contributed by atoms with Crippen LogP contribution in [0.3, 0.4) is 0 Å². The van der Waals surface area contributed by atoms with Gasteiger partial charge >= 0.3 is 0 Å². The minimum Gasteiger partial charge on any atom is -0.269 e. The van der Waals surface area contributed by atoms with Crippen LogP contribution in [0.4, 0.5) is 0 Å². The van der Waals surface area contributed by atoms with Crippen LogP contribution in [0.25, 0.3) is 22.0 Å². The van der Waals surface area contributed by atoms with Crippen molar-refractivity contribution in [3.05, 3.63) is 70.6 Å². The quantitative estimate of drug-likeness (QED) is 0.528. The van der Waals surface area contributed by atoms with Gasteiger partial charge in [0.05, 0.1) is 12.2 Å². The number of rotatable bonds is 3. The Labute approximate surface area is 149 Å². The lowest BCUT2D eigenvalue weighted by molar-refractivity contribution is 0.625. The van der Waals surface area contributed by atoms with E-state index in [1.807, 2.05) is 52.9 Å². The molecule has 0 saturated heterocycles. The fourth-order valence-corrected chi connectivity index (χ4v) is 3.44. The van der Waals surface area contributed by atoms with Crippen LogP contribution in [0.15, 0.2) is 54.9 Å². The molecule has 0 radical (unpaired) electrons. The van der Waals surface area contributed by atoms with Crippen LogP contribution in [-0.2, 0) is 13.6 Å². The molecule has 0 N–H and O–H groups in total. The van der Waals surface area contributed by atoms with Gasteiger partial charge < -0.3 is 0 Å². The summed E-state index contributed by atoms with van der Waals surface area (Å²) in [4.78, 5) is 0. The lowest BCUT2D eigenvalue weighted by atomic mass is 10.0. The van der Waals surface area contributed by atoms with Gasteiger partial charge in [0.2, 0.25) is 0 Å². The van der Waals surface area contributed by atoms with Crippen molar-refractivity contribution in [2.24, 2.45) is 7.05 Å². The number of fused-ring (bicyclic) bond motifs is 1. The summed E-state index contributed by atoms with van der Waals surface area (Å²) in [6.45, 7) is 0.664. The molecule has 2 aromatic carbocycles. The van der Waals surface area contributed by atoms with Gasteiger partial charge in [0.1, 0.15) is 5.52 Å². The molecule has 0 aliphatic heterocycles. The Morgan fingerprint density at radius 2 is 1.92 bits per heavy atom. The maximum absolute atomic E-state index is 6.39. The lowest BCUT2D eigenvalue weighted by Crippen LogP contribution is -2.05. The van der Waals surface area contributed by atoms with Crippen LogP contribution >= 0.6 is 23.2 Å². The standard InChI is InChI=1S/C18H14Cl2N4/c1-23-17(11-24-9-3-8-21-24)15-5-2-4-14(18(15)22-23)13-7-6-12(19)10-16(13)20/h2-10H,11H2,1H3. The molecule has 24 heavy (non-hydrogen) atoms. The number of aromatic nitrogens is 4. The third-order valence-corrected chi connectivity index (χ3v) is 4.63. The Bertz CT molecular complexity index is 1020. The monoisotopic (exact) mass is 356 g/mol. The molecule has 0 bridgehead atoms. The summed E-state index contributed by atoms with van der Waals surface area (Å²) in [6.07, 6.45) is 3.72. The summed E-state index contributed by atoms with van der Waals surface area (Å²) in [5, 5.41) is 11.3. The molecule has 0 aliphatic rings. The van der Waals surface area contributed by atoms with Gasteiger partial charge in [-0.25, -0.2) is 0 Å². The minimum absolute atomic E-state index is 0.620. The van der Waals surface area contributed by atoms with E-state index in [0.717, 1.165) is 27.7 Å². The highest BCUT2D eigenvalue weighted by atomic mass is 35.5. The normalized spacial score (nSPS) is 11.3. The van der Waals surface area contributed by atoms with Gasteiger partial charge in [0.25, 0.3) is 0 Å². The molecule has 0 aliphatic carbocycles. The van der Waals surface area contributed by atoms with E-state index in [4.69, 9.17) is 28.3 Å². The topological polar surface area (TPSA) is 35.6 Å². The van der Waals surface area contributed by atoms with Gasteiger partial charge in [0.15, 0.2) is 0 Å². The highest BCUT2D eigenvalue weighted by Crippen LogP contribution is 2.35. The SMILES string of the molecule is Cn1nc2c(-c3ccc(Cl)cc3Cl)cccc2c1Cn1cccn1. The van der Waals surface area contributed by atoms with Gasteiger partial charge in [0, 0.05) is 46.0 Å². The van der Waals surface area contributed by atoms with Crippen molar-refractivity contribution in [1.82, 2.24) is 19.6 Å². The molecular weight excluding hydrogens is 343 g/mol. The summed E-state index contributed by atoms with van der Waals surface area (Å²) < 4.78 is 3.79. The maximum atomic E-state index is 6.39. The predicted octanol–water partition coefficient (Wildman–Crippen LogP) is 4.79. The van der Waals surface area contributed by atoms with Crippen LogP contribution in [0.2, 0.25) is 10.0 Å². The number of nitrogens with zero attached hydrogens (tertiary/aromatic N) is 4. The first-order valence-electron chi connectivity index (χ1n) is 7.51. The molecule has 0 atom stereocenters. The van der Waals surface area contributed by atoms with Crippen molar-refractivity contribution in [1.29, 1.82) is 0 Å². The smallest absolute Gasteiger partial charge is 0.101 e. The van der Waals surface area contributed by atoms with E-state index >= 15 is 0 Å². The Morgan fingerprint density at radius 1 is 1.04 bits per heavy atom. The van der Waals surface area contributed by atoms with Gasteiger partial charge in [-0.2, -0.15) is 10.2 Å². The van der Waals surface area contributed by atoms with Crippen molar-refractivity contribution >= 4 is 34.1 Å². The highest BCUT2D eigenvalue weighted by Gasteiger charge is 2.15. The summed E-state index contributed by atoms with van der Waals surface area (Å²) >= 11 is 12.4. The number of hydrogen-bond donors (Lipinski definition) is 0. The molecule has 2 aromatic heterocycles. The van der Waals surface area contributed by atoms with Crippen molar-refractivity contribution in [2.45, 2.75) is 6.54 Å². The zero-order chi connectivity index (χ0) is 16.7. The first-order valence-corrected chi connectivity index (χ1v) is 8.26. The van der Waals surface area contributed by atoms with Gasteiger partial charge in [-0.3, -0.25) is 9.36 Å². The fourth-order valence-electron chi connectivity index (χ4n) is 2.93. The van der Waals surface area contributed by atoms with E-state index in [1.165, 1.54) is 0 Å². The predicted molar refractivity (Wildman–Crippen MR) is 97.5 cm³/mol. The second-order valence-corrected chi connectivity index (χ2v) is 6.44. The van der Waals surface area contributed by atoms with Gasteiger partial charge in [-0.05, 0) is 18.2 Å². The molecule has 0 fully saturated rings. The van der Waals surface area contributed by atoms with E-state index in [0.29, 0.717) is 16.6 Å². The average molecular weight is 357 g/mol. The molecule has 6 heteroatoms. The molecule has 0 spiro atoms. The van der Waals surface area contributed by atoms with E-state index in [9.17, 15) is 0 Å². The fraction of sp³-hybridized carbons (Fsp3) is 0.111. The minimum atomic E-state index is 0.620. The van der Waals surface area contributed by atoms with Crippen LogP contribution in [0.1, 0.15) is 5.69 Å². The number of benzene rings is 2. The molecule has 4 rings (SSSR count). The molecule has 4 nitrogen and oxygen atoms in total. The Hall–Kier alpha value is -2.30. The first kappa shape index (κ1) is 15.2. The number of halogens is 2. The van der Waals surface area contributed by atoms with Crippen molar-refractivity contribution in [2.75, 3.05) is 0 Å². The number of aryl methyl sites for hydroxylation is 1. The Morgan fingerprint density at radius 3 is 2.67 bits per heavy atom. The van der Waals surface area contributed by atoms with Crippen molar-refractivity contribution < 1.29 is 0 Å². The number of hydrogen-bond acceptors (Lipinski definition) is 2. The first-order chi connectivity index (χ1) is 11.6. The maximum Gasteiger partial charge on any atom is 0.101 e. The molecule has 4 aromatic rings. The Balaban J connectivity index is 1.89. The lowest BCUT2D eigenvalue weighted by Gasteiger charge is -2.06. The average Bonchev–Trinajstić information content (AvgIpc) is 3.17. The van der Waals surface area contributed by atoms with E-state index in [1.54, 1.807) is 12.3 Å². The van der Waals surface area contributed by atoms with Crippen LogP contribution in [-0.4, -0.2) is 19.6 Å². The van der Waals surface area contributed by atoms with E-state index in [-0.39, 0.29) is 0 Å². The molecule has 0 unspecified atom stereocenters. The highest BCUT2D eigenvalue weighted by molar-refractivity contribution is 6.36. The third kappa shape index (κ3) is 2.58. The Kier molecular flexibility index (Phi) is 3.79. The summed E-state index contributed by atoms with van der Waals surface area (Å²) in [5.74, 6) is 0. The van der Waals surface area contributed by atoms with Gasteiger partial charge in [-0.15, -0.1) is 0 Å². The zero-order valence-corrected chi connectivity index (χ0v) is 14.5. The summed E-state index contributed by atoms with van der Waals surface area (Å²) in [5.41, 5.74) is 3.94. The summed E-state index contributed by atoms with van der Waals surface area (Å²) in [7, 11) is 1.95.